The number of rotatable bonds is 3. The Hall–Kier alpha value is -2.37. The fourth-order valence-electron chi connectivity index (χ4n) is 2.43. The van der Waals surface area contributed by atoms with Crippen molar-refractivity contribution in [2.45, 2.75) is 32.6 Å². The monoisotopic (exact) mass is 271 g/mol. The zero-order valence-corrected chi connectivity index (χ0v) is 11.4. The molecule has 0 atom stereocenters. The Morgan fingerprint density at radius 3 is 2.85 bits per heavy atom. The SMILES string of the molecule is Cc1cc(Oc2nc3c(cc2C(=N)N)CCCC3)n[nH]1. The molecule has 2 aromatic rings. The van der Waals surface area contributed by atoms with Gasteiger partial charge in [-0.25, -0.2) is 4.98 Å². The molecule has 1 aliphatic rings. The normalized spacial score (nSPS) is 13.8. The van der Waals surface area contributed by atoms with Crippen LogP contribution in [0.25, 0.3) is 0 Å². The second-order valence-electron chi connectivity index (χ2n) is 5.06. The number of nitrogens with zero attached hydrogens (tertiary/aromatic N) is 2. The van der Waals surface area contributed by atoms with Gasteiger partial charge in [-0.2, -0.15) is 0 Å². The Morgan fingerprint density at radius 1 is 1.35 bits per heavy atom. The van der Waals surface area contributed by atoms with Crippen LogP contribution in [0.4, 0.5) is 0 Å². The predicted octanol–water partition coefficient (Wildman–Crippen LogP) is 2.07. The van der Waals surface area contributed by atoms with Crippen molar-refractivity contribution in [1.29, 1.82) is 5.41 Å². The number of aromatic amines is 1. The number of pyridine rings is 1. The van der Waals surface area contributed by atoms with E-state index in [-0.39, 0.29) is 5.84 Å². The summed E-state index contributed by atoms with van der Waals surface area (Å²) in [7, 11) is 0. The molecular formula is C14H17N5O. The van der Waals surface area contributed by atoms with Gasteiger partial charge in [0.05, 0.1) is 5.56 Å². The number of nitrogens with one attached hydrogen (secondary N) is 2. The van der Waals surface area contributed by atoms with E-state index in [9.17, 15) is 0 Å². The van der Waals surface area contributed by atoms with Gasteiger partial charge in [-0.1, -0.05) is 0 Å². The van der Waals surface area contributed by atoms with E-state index in [0.29, 0.717) is 17.3 Å². The Bertz CT molecular complexity index is 662. The summed E-state index contributed by atoms with van der Waals surface area (Å²) in [6, 6.07) is 3.71. The van der Waals surface area contributed by atoms with Crippen molar-refractivity contribution >= 4 is 5.84 Å². The number of ether oxygens (including phenoxy) is 1. The molecule has 4 N–H and O–H groups in total. The van der Waals surface area contributed by atoms with Crippen LogP contribution in [-0.4, -0.2) is 21.0 Å². The standard InChI is InChI=1S/C14H17N5O/c1-8-6-12(19-18-8)20-14-10(13(15)16)7-9-4-2-3-5-11(9)17-14/h6-7H,2-5H2,1H3,(H3,15,16)(H,18,19). The minimum absolute atomic E-state index is 0.0341. The Kier molecular flexibility index (Phi) is 3.14. The molecule has 0 amide bonds. The highest BCUT2D eigenvalue weighted by atomic mass is 16.5. The lowest BCUT2D eigenvalue weighted by molar-refractivity contribution is 0.438. The molecule has 104 valence electrons. The first-order chi connectivity index (χ1) is 9.63. The molecule has 0 radical (unpaired) electrons. The number of hydrogen-bond donors (Lipinski definition) is 3. The van der Waals surface area contributed by atoms with Crippen LogP contribution in [0.1, 0.15) is 35.4 Å². The zero-order chi connectivity index (χ0) is 14.1. The number of fused-ring (bicyclic) bond motifs is 1. The quantitative estimate of drug-likeness (QED) is 0.587. The molecule has 0 aliphatic heterocycles. The van der Waals surface area contributed by atoms with E-state index in [1.54, 1.807) is 6.07 Å². The number of nitrogen functional groups attached to an aromatic ring is 1. The number of aromatic nitrogens is 3. The maximum atomic E-state index is 7.69. The largest absolute Gasteiger partial charge is 0.418 e. The van der Waals surface area contributed by atoms with E-state index < -0.39 is 0 Å². The van der Waals surface area contributed by atoms with E-state index in [2.05, 4.69) is 15.2 Å². The van der Waals surface area contributed by atoms with E-state index in [1.165, 1.54) is 5.56 Å². The topological polar surface area (TPSA) is 101 Å². The molecule has 1 aliphatic carbocycles. The highest BCUT2D eigenvalue weighted by molar-refractivity contribution is 5.97. The van der Waals surface area contributed by atoms with E-state index in [0.717, 1.165) is 37.1 Å². The molecule has 20 heavy (non-hydrogen) atoms. The summed E-state index contributed by atoms with van der Waals surface area (Å²) in [6.45, 7) is 1.89. The summed E-state index contributed by atoms with van der Waals surface area (Å²) >= 11 is 0. The number of H-pyrrole nitrogens is 1. The van der Waals surface area contributed by atoms with Crippen LogP contribution >= 0.6 is 0 Å². The van der Waals surface area contributed by atoms with E-state index >= 15 is 0 Å². The average molecular weight is 271 g/mol. The molecule has 6 heteroatoms. The van der Waals surface area contributed by atoms with Gasteiger partial charge in [-0.15, -0.1) is 5.10 Å². The van der Waals surface area contributed by atoms with Crippen LogP contribution in [0.15, 0.2) is 12.1 Å². The fourth-order valence-corrected chi connectivity index (χ4v) is 2.43. The van der Waals surface area contributed by atoms with Crippen LogP contribution < -0.4 is 10.5 Å². The molecule has 3 rings (SSSR count). The summed E-state index contributed by atoms with van der Waals surface area (Å²) < 4.78 is 5.68. The molecule has 0 fully saturated rings. The van der Waals surface area contributed by atoms with Crippen molar-refractivity contribution in [3.8, 4) is 11.8 Å². The van der Waals surface area contributed by atoms with Crippen molar-refractivity contribution in [3.63, 3.8) is 0 Å². The number of aryl methyl sites for hydroxylation is 3. The maximum Gasteiger partial charge on any atom is 0.240 e. The maximum absolute atomic E-state index is 7.69. The van der Waals surface area contributed by atoms with Crippen LogP contribution in [0.3, 0.4) is 0 Å². The van der Waals surface area contributed by atoms with Crippen molar-refractivity contribution in [2.24, 2.45) is 5.73 Å². The lowest BCUT2D eigenvalue weighted by Gasteiger charge is -2.17. The first-order valence-electron chi connectivity index (χ1n) is 6.70. The van der Waals surface area contributed by atoms with Crippen molar-refractivity contribution in [2.75, 3.05) is 0 Å². The van der Waals surface area contributed by atoms with Gasteiger partial charge in [0.15, 0.2) is 0 Å². The molecular weight excluding hydrogens is 254 g/mol. The smallest absolute Gasteiger partial charge is 0.240 e. The number of hydrogen-bond acceptors (Lipinski definition) is 4. The van der Waals surface area contributed by atoms with Gasteiger partial charge in [0.1, 0.15) is 5.84 Å². The Morgan fingerprint density at radius 2 is 2.15 bits per heavy atom. The third kappa shape index (κ3) is 2.36. The van der Waals surface area contributed by atoms with Crippen LogP contribution in [0, 0.1) is 12.3 Å². The molecule has 2 aromatic heterocycles. The van der Waals surface area contributed by atoms with Crippen LogP contribution in [-0.2, 0) is 12.8 Å². The molecule has 0 spiro atoms. The first-order valence-corrected chi connectivity index (χ1v) is 6.70. The minimum atomic E-state index is -0.0341. The summed E-state index contributed by atoms with van der Waals surface area (Å²) in [5.74, 6) is 0.769. The lowest BCUT2D eigenvalue weighted by Crippen LogP contribution is -2.16. The average Bonchev–Trinajstić information content (AvgIpc) is 2.83. The highest BCUT2D eigenvalue weighted by Gasteiger charge is 2.18. The number of amidine groups is 1. The molecule has 0 aromatic carbocycles. The number of nitrogens with two attached hydrogens (primary N) is 1. The molecule has 0 unspecified atom stereocenters. The molecule has 6 nitrogen and oxygen atoms in total. The summed E-state index contributed by atoms with van der Waals surface area (Å²) in [6.07, 6.45) is 4.24. The van der Waals surface area contributed by atoms with Crippen molar-refractivity contribution in [3.05, 3.63) is 34.6 Å². The summed E-state index contributed by atoms with van der Waals surface area (Å²) in [5.41, 5.74) is 9.30. The lowest BCUT2D eigenvalue weighted by atomic mass is 9.95. The second-order valence-corrected chi connectivity index (χ2v) is 5.06. The minimum Gasteiger partial charge on any atom is -0.418 e. The van der Waals surface area contributed by atoms with Gasteiger partial charge in [0.25, 0.3) is 0 Å². The third-order valence-corrected chi connectivity index (χ3v) is 3.44. The Labute approximate surface area is 116 Å². The highest BCUT2D eigenvalue weighted by Crippen LogP contribution is 2.28. The van der Waals surface area contributed by atoms with Gasteiger partial charge in [-0.05, 0) is 44.2 Å². The summed E-state index contributed by atoms with van der Waals surface area (Å²) in [4.78, 5) is 4.54. The molecule has 0 saturated heterocycles. The summed E-state index contributed by atoms with van der Waals surface area (Å²) in [5, 5.41) is 14.5. The molecule has 0 saturated carbocycles. The van der Waals surface area contributed by atoms with Gasteiger partial charge in [0, 0.05) is 17.5 Å². The first kappa shape index (κ1) is 12.7. The molecule has 0 bridgehead atoms. The van der Waals surface area contributed by atoms with E-state index in [1.807, 2.05) is 13.0 Å². The van der Waals surface area contributed by atoms with Crippen LogP contribution in [0.5, 0.6) is 11.8 Å². The van der Waals surface area contributed by atoms with Crippen LogP contribution in [0.2, 0.25) is 0 Å². The Balaban J connectivity index is 2.01. The van der Waals surface area contributed by atoms with Crippen molar-refractivity contribution in [1.82, 2.24) is 15.2 Å². The third-order valence-electron chi connectivity index (χ3n) is 3.44. The van der Waals surface area contributed by atoms with Crippen molar-refractivity contribution < 1.29 is 4.74 Å². The zero-order valence-electron chi connectivity index (χ0n) is 11.4. The van der Waals surface area contributed by atoms with Gasteiger partial charge < -0.3 is 10.5 Å². The van der Waals surface area contributed by atoms with Gasteiger partial charge >= 0.3 is 0 Å². The van der Waals surface area contributed by atoms with E-state index in [4.69, 9.17) is 15.9 Å². The molecule has 2 heterocycles. The van der Waals surface area contributed by atoms with Gasteiger partial charge in [0.2, 0.25) is 11.8 Å². The predicted molar refractivity (Wildman–Crippen MR) is 75.3 cm³/mol. The second kappa shape index (κ2) is 4.96. The van der Waals surface area contributed by atoms with Gasteiger partial charge in [-0.3, -0.25) is 10.5 Å². The fraction of sp³-hybridized carbons (Fsp3) is 0.357.